The summed E-state index contributed by atoms with van der Waals surface area (Å²) >= 11 is 2.48. The Bertz CT molecular complexity index is 247. The first-order chi connectivity index (χ1) is 5.56. The number of aliphatic hydroxyl groups is 1. The highest BCUT2D eigenvalue weighted by Crippen LogP contribution is 2.23. The number of halogens is 2. The van der Waals surface area contributed by atoms with Crippen molar-refractivity contribution in [3.8, 4) is 0 Å². The molecule has 0 spiro atoms. The molecule has 0 saturated heterocycles. The second-order valence-corrected chi connectivity index (χ2v) is 3.38. The molecule has 0 radical (unpaired) electrons. The maximum Gasteiger partial charge on any atom is 0.216 e. The molecule has 1 N–H and O–H groups in total. The van der Waals surface area contributed by atoms with Crippen LogP contribution in [0, 0.1) is 0 Å². The number of carbonyl (C=O) groups is 1. The molecule has 1 aliphatic carbocycles. The number of ketones is 1. The molecule has 2 nitrogen and oxygen atoms in total. The van der Waals surface area contributed by atoms with E-state index in [1.807, 2.05) is 0 Å². The quantitative estimate of drug-likeness (QED) is 0.736. The van der Waals surface area contributed by atoms with Crippen molar-refractivity contribution in [2.45, 2.75) is 17.1 Å². The SMILES string of the molecule is O=C([C@@H](F)Br)[C@@]1(O)C=CC=CC1. The van der Waals surface area contributed by atoms with E-state index in [1.165, 1.54) is 12.2 Å². The van der Waals surface area contributed by atoms with E-state index in [2.05, 4.69) is 15.9 Å². The highest BCUT2D eigenvalue weighted by atomic mass is 79.9. The van der Waals surface area contributed by atoms with Gasteiger partial charge in [-0.05, 0) is 22.0 Å². The average Bonchev–Trinajstić information content (AvgIpc) is 2.04. The molecule has 0 aromatic heterocycles. The summed E-state index contributed by atoms with van der Waals surface area (Å²) in [6, 6.07) is 0. The van der Waals surface area contributed by atoms with Crippen LogP contribution in [0.2, 0.25) is 0 Å². The summed E-state index contributed by atoms with van der Waals surface area (Å²) in [4.78, 5) is 11.1. The van der Waals surface area contributed by atoms with Gasteiger partial charge in [0.05, 0.1) is 0 Å². The molecule has 1 rings (SSSR count). The normalized spacial score (nSPS) is 30.2. The molecule has 4 heteroatoms. The van der Waals surface area contributed by atoms with E-state index in [1.54, 1.807) is 12.2 Å². The summed E-state index contributed by atoms with van der Waals surface area (Å²) < 4.78 is 12.5. The molecule has 0 aliphatic heterocycles. The van der Waals surface area contributed by atoms with Crippen LogP contribution < -0.4 is 0 Å². The average molecular weight is 235 g/mol. The molecular weight excluding hydrogens is 227 g/mol. The van der Waals surface area contributed by atoms with Gasteiger partial charge in [0.25, 0.3) is 0 Å². The molecule has 2 atom stereocenters. The van der Waals surface area contributed by atoms with Crippen LogP contribution in [0.3, 0.4) is 0 Å². The van der Waals surface area contributed by atoms with Crippen LogP contribution in [0.5, 0.6) is 0 Å². The monoisotopic (exact) mass is 234 g/mol. The largest absolute Gasteiger partial charge is 0.377 e. The molecule has 0 aromatic rings. The minimum Gasteiger partial charge on any atom is -0.377 e. The summed E-state index contributed by atoms with van der Waals surface area (Å²) in [6.07, 6.45) is 6.27. The predicted molar refractivity (Wildman–Crippen MR) is 46.7 cm³/mol. The number of rotatable bonds is 2. The van der Waals surface area contributed by atoms with Crippen molar-refractivity contribution in [2.75, 3.05) is 0 Å². The van der Waals surface area contributed by atoms with Crippen LogP contribution in [0.15, 0.2) is 24.3 Å². The second kappa shape index (κ2) is 3.49. The first-order valence-electron chi connectivity index (χ1n) is 3.45. The molecule has 1 aliphatic rings. The molecular formula is C8H8BrFO2. The number of allylic oxidation sites excluding steroid dienone is 2. The van der Waals surface area contributed by atoms with Gasteiger partial charge in [0.1, 0.15) is 5.60 Å². The summed E-state index contributed by atoms with van der Waals surface area (Å²) in [5.74, 6) is -0.858. The number of hydrogen-bond donors (Lipinski definition) is 1. The Labute approximate surface area is 77.9 Å². The van der Waals surface area contributed by atoms with E-state index < -0.39 is 16.5 Å². The summed E-state index contributed by atoms with van der Waals surface area (Å²) in [7, 11) is 0. The maximum atomic E-state index is 12.5. The topological polar surface area (TPSA) is 37.3 Å². The molecule has 66 valence electrons. The van der Waals surface area contributed by atoms with E-state index in [0.29, 0.717) is 0 Å². The Kier molecular flexibility index (Phi) is 2.80. The van der Waals surface area contributed by atoms with Crippen LogP contribution >= 0.6 is 15.9 Å². The maximum absolute atomic E-state index is 12.5. The fourth-order valence-electron chi connectivity index (χ4n) is 0.981. The third kappa shape index (κ3) is 1.81. The summed E-state index contributed by atoms with van der Waals surface area (Å²) in [6.45, 7) is 0. The smallest absolute Gasteiger partial charge is 0.216 e. The van der Waals surface area contributed by atoms with Gasteiger partial charge >= 0.3 is 0 Å². The lowest BCUT2D eigenvalue weighted by Crippen LogP contribution is -2.40. The van der Waals surface area contributed by atoms with Crippen LogP contribution in [-0.4, -0.2) is 21.6 Å². The van der Waals surface area contributed by atoms with Crippen LogP contribution in [0.25, 0.3) is 0 Å². The molecule has 0 saturated carbocycles. The zero-order valence-electron chi connectivity index (χ0n) is 6.21. The highest BCUT2D eigenvalue weighted by Gasteiger charge is 2.36. The van der Waals surface area contributed by atoms with Gasteiger partial charge < -0.3 is 5.11 Å². The van der Waals surface area contributed by atoms with Crippen molar-refractivity contribution in [2.24, 2.45) is 0 Å². The summed E-state index contributed by atoms with van der Waals surface area (Å²) in [5.41, 5.74) is -1.67. The van der Waals surface area contributed by atoms with Crippen molar-refractivity contribution >= 4 is 21.7 Å². The lowest BCUT2D eigenvalue weighted by Gasteiger charge is -2.23. The molecule has 0 unspecified atom stereocenters. The van der Waals surface area contributed by atoms with E-state index in [9.17, 15) is 14.3 Å². The van der Waals surface area contributed by atoms with Gasteiger partial charge in [0, 0.05) is 6.42 Å². The first-order valence-corrected chi connectivity index (χ1v) is 4.37. The minimum absolute atomic E-state index is 0.133. The van der Waals surface area contributed by atoms with E-state index in [4.69, 9.17) is 0 Å². The minimum atomic E-state index is -1.81. The zero-order chi connectivity index (χ0) is 9.19. The standard InChI is InChI=1S/C8H8BrFO2/c9-7(10)6(11)8(12)4-2-1-3-5-8/h1-4,7,12H,5H2/t7-,8-/m1/s1. The fraction of sp³-hybridized carbons (Fsp3) is 0.375. The van der Waals surface area contributed by atoms with Crippen molar-refractivity contribution in [3.05, 3.63) is 24.3 Å². The number of alkyl halides is 2. The van der Waals surface area contributed by atoms with Gasteiger partial charge in [-0.2, -0.15) is 0 Å². The van der Waals surface area contributed by atoms with Crippen molar-refractivity contribution in [1.82, 2.24) is 0 Å². The van der Waals surface area contributed by atoms with Gasteiger partial charge in [0.2, 0.25) is 10.9 Å². The lowest BCUT2D eigenvalue weighted by atomic mass is 9.91. The molecule has 0 amide bonds. The molecule has 0 heterocycles. The van der Waals surface area contributed by atoms with Gasteiger partial charge in [-0.25, -0.2) is 4.39 Å². The van der Waals surface area contributed by atoms with Crippen molar-refractivity contribution in [1.29, 1.82) is 0 Å². The fourth-order valence-corrected chi connectivity index (χ4v) is 1.38. The summed E-state index contributed by atoms with van der Waals surface area (Å²) in [5, 5.41) is 7.75. The Morgan fingerprint density at radius 1 is 1.67 bits per heavy atom. The van der Waals surface area contributed by atoms with E-state index >= 15 is 0 Å². The van der Waals surface area contributed by atoms with Gasteiger partial charge in [-0.1, -0.05) is 18.2 Å². The third-order valence-electron chi connectivity index (χ3n) is 1.67. The van der Waals surface area contributed by atoms with Crippen LogP contribution in [0.4, 0.5) is 4.39 Å². The number of carbonyl (C=O) groups excluding carboxylic acids is 1. The molecule has 0 fully saturated rings. The van der Waals surface area contributed by atoms with Crippen LogP contribution in [-0.2, 0) is 4.79 Å². The van der Waals surface area contributed by atoms with Crippen molar-refractivity contribution in [3.63, 3.8) is 0 Å². The Hall–Kier alpha value is -0.480. The zero-order valence-corrected chi connectivity index (χ0v) is 7.79. The Morgan fingerprint density at radius 2 is 2.33 bits per heavy atom. The lowest BCUT2D eigenvalue weighted by molar-refractivity contribution is -0.134. The molecule has 12 heavy (non-hydrogen) atoms. The Balaban J connectivity index is 2.79. The molecule has 0 bridgehead atoms. The van der Waals surface area contributed by atoms with Gasteiger partial charge in [-0.15, -0.1) is 0 Å². The van der Waals surface area contributed by atoms with Gasteiger partial charge in [0.15, 0.2) is 0 Å². The first kappa shape index (κ1) is 9.61. The molecule has 0 aromatic carbocycles. The van der Waals surface area contributed by atoms with Crippen LogP contribution in [0.1, 0.15) is 6.42 Å². The van der Waals surface area contributed by atoms with E-state index in [0.717, 1.165) is 0 Å². The Morgan fingerprint density at radius 3 is 2.75 bits per heavy atom. The van der Waals surface area contributed by atoms with E-state index in [-0.39, 0.29) is 6.42 Å². The highest BCUT2D eigenvalue weighted by molar-refractivity contribution is 9.09. The third-order valence-corrected chi connectivity index (χ3v) is 2.09. The predicted octanol–water partition coefficient (Wildman–Crippen LogP) is 1.49. The number of hydrogen-bond acceptors (Lipinski definition) is 2. The second-order valence-electron chi connectivity index (χ2n) is 2.58. The number of Topliss-reactive ketones (excluding diaryl/α,β-unsaturated/α-hetero) is 1. The van der Waals surface area contributed by atoms with Crippen molar-refractivity contribution < 1.29 is 14.3 Å². The van der Waals surface area contributed by atoms with Gasteiger partial charge in [-0.3, -0.25) is 4.79 Å².